The second kappa shape index (κ2) is 4.90. The molecule has 0 spiro atoms. The topological polar surface area (TPSA) is 166 Å². The Bertz CT molecular complexity index is 408. The Morgan fingerprint density at radius 2 is 1.44 bits per heavy atom. The van der Waals surface area contributed by atoms with Crippen molar-refractivity contribution in [3.63, 3.8) is 0 Å². The van der Waals surface area contributed by atoms with Crippen LogP contribution in [0.4, 0.5) is 0 Å². The normalized spacial score (nSPS) is 15.1. The summed E-state index contributed by atoms with van der Waals surface area (Å²) in [7, 11) is -5.20. The molecule has 2 unspecified atom stereocenters. The van der Waals surface area contributed by atoms with Crippen LogP contribution < -0.4 is 0 Å². The Kier molecular flexibility index (Phi) is 4.38. The van der Waals surface area contributed by atoms with E-state index in [1.807, 2.05) is 0 Å². The minimum Gasteiger partial charge on any atom is -0.481 e. The van der Waals surface area contributed by atoms with Gasteiger partial charge in [0.25, 0.3) is 10.1 Å². The third-order valence-corrected chi connectivity index (χ3v) is 2.81. The van der Waals surface area contributed by atoms with Gasteiger partial charge in [-0.15, -0.1) is 0 Å². The number of aliphatic carboxylic acids is 3. The van der Waals surface area contributed by atoms with E-state index in [1.54, 1.807) is 0 Å². The molecule has 0 bridgehead atoms. The summed E-state index contributed by atoms with van der Waals surface area (Å²) in [4.78, 5) is 31.2. The minimum atomic E-state index is -5.20. The number of hydrogen-bond acceptors (Lipinski definition) is 5. The number of carboxylic acid groups (broad SMARTS) is 3. The fourth-order valence-corrected chi connectivity index (χ4v) is 1.90. The molecule has 0 saturated heterocycles. The lowest BCUT2D eigenvalue weighted by molar-refractivity contribution is -0.151. The fraction of sp³-hybridized carbons (Fsp3) is 0.500. The predicted octanol–water partition coefficient (Wildman–Crippen LogP) is -1.50. The van der Waals surface area contributed by atoms with Crippen LogP contribution in [0.3, 0.4) is 0 Å². The first-order chi connectivity index (χ1) is 7.07. The van der Waals surface area contributed by atoms with Crippen molar-refractivity contribution < 1.29 is 42.7 Å². The maximum Gasteiger partial charge on any atom is 0.325 e. The van der Waals surface area contributed by atoms with Crippen molar-refractivity contribution in [2.24, 2.45) is 5.92 Å². The molecule has 0 amide bonds. The standard InChI is InChI=1S/C6H8O9S/c7-3(8)1-2(5(9)10)4(6(11)12)16(13,14)15/h2,4H,1H2,(H,7,8)(H,9,10)(H,11,12)(H,13,14,15). The Morgan fingerprint density at radius 1 is 1.00 bits per heavy atom. The van der Waals surface area contributed by atoms with E-state index in [1.165, 1.54) is 0 Å². The number of rotatable bonds is 6. The molecule has 0 radical (unpaired) electrons. The molecule has 0 aromatic carbocycles. The highest BCUT2D eigenvalue weighted by Gasteiger charge is 2.44. The van der Waals surface area contributed by atoms with Gasteiger partial charge in [0, 0.05) is 0 Å². The molecule has 9 nitrogen and oxygen atoms in total. The van der Waals surface area contributed by atoms with Crippen molar-refractivity contribution in [2.75, 3.05) is 0 Å². The number of carbonyl (C=O) groups is 3. The highest BCUT2D eigenvalue weighted by Crippen LogP contribution is 2.17. The number of hydrogen-bond donors (Lipinski definition) is 4. The second-order valence-electron chi connectivity index (χ2n) is 2.82. The van der Waals surface area contributed by atoms with Gasteiger partial charge in [-0.25, -0.2) is 0 Å². The summed E-state index contributed by atoms with van der Waals surface area (Å²) in [5, 5.41) is 22.5. The van der Waals surface area contributed by atoms with Crippen molar-refractivity contribution >= 4 is 28.0 Å². The van der Waals surface area contributed by atoms with Crippen LogP contribution in [0.25, 0.3) is 0 Å². The van der Waals surface area contributed by atoms with Crippen molar-refractivity contribution in [2.45, 2.75) is 11.7 Å². The van der Waals surface area contributed by atoms with Crippen molar-refractivity contribution in [3.05, 3.63) is 0 Å². The quantitative estimate of drug-likeness (QED) is 0.413. The van der Waals surface area contributed by atoms with E-state index in [0.717, 1.165) is 0 Å². The van der Waals surface area contributed by atoms with E-state index in [4.69, 9.17) is 19.9 Å². The van der Waals surface area contributed by atoms with Crippen LogP contribution in [0.15, 0.2) is 0 Å². The van der Waals surface area contributed by atoms with Crippen molar-refractivity contribution in [1.29, 1.82) is 0 Å². The van der Waals surface area contributed by atoms with Gasteiger partial charge in [-0.2, -0.15) is 8.42 Å². The molecule has 0 heterocycles. The lowest BCUT2D eigenvalue weighted by Gasteiger charge is -2.15. The molecule has 2 atom stereocenters. The molecular formula is C6H8O9S. The van der Waals surface area contributed by atoms with E-state index in [2.05, 4.69) is 0 Å². The first-order valence-corrected chi connectivity index (χ1v) is 5.21. The smallest absolute Gasteiger partial charge is 0.325 e. The largest absolute Gasteiger partial charge is 0.481 e. The van der Waals surface area contributed by atoms with Crippen LogP contribution in [-0.2, 0) is 24.5 Å². The Hall–Kier alpha value is -1.68. The first-order valence-electron chi connectivity index (χ1n) is 3.71. The zero-order chi connectivity index (χ0) is 13.1. The molecule has 0 aromatic rings. The van der Waals surface area contributed by atoms with Gasteiger partial charge >= 0.3 is 17.9 Å². The summed E-state index contributed by atoms with van der Waals surface area (Å²) in [6.07, 6.45) is -1.23. The van der Waals surface area contributed by atoms with Gasteiger partial charge in [0.15, 0.2) is 5.25 Å². The third-order valence-electron chi connectivity index (χ3n) is 1.64. The van der Waals surface area contributed by atoms with E-state index in [0.29, 0.717) is 0 Å². The van der Waals surface area contributed by atoms with Gasteiger partial charge in [-0.1, -0.05) is 0 Å². The van der Waals surface area contributed by atoms with Crippen LogP contribution in [0.5, 0.6) is 0 Å². The van der Waals surface area contributed by atoms with Gasteiger partial charge in [0.1, 0.15) is 0 Å². The average Bonchev–Trinajstić information content (AvgIpc) is 1.97. The Labute approximate surface area is 89.1 Å². The van der Waals surface area contributed by atoms with Crippen LogP contribution in [0.2, 0.25) is 0 Å². The lowest BCUT2D eigenvalue weighted by Crippen LogP contribution is -2.42. The molecule has 0 fully saturated rings. The molecule has 0 aliphatic rings. The Balaban J connectivity index is 5.37. The van der Waals surface area contributed by atoms with Gasteiger partial charge in [0.05, 0.1) is 12.3 Å². The summed E-state index contributed by atoms with van der Waals surface area (Å²) < 4.78 is 29.8. The molecular weight excluding hydrogens is 248 g/mol. The van der Waals surface area contributed by atoms with E-state index in [9.17, 15) is 22.8 Å². The molecule has 10 heteroatoms. The summed E-state index contributed by atoms with van der Waals surface area (Å²) in [6, 6.07) is 0. The third kappa shape index (κ3) is 3.82. The van der Waals surface area contributed by atoms with E-state index >= 15 is 0 Å². The fourth-order valence-electron chi connectivity index (χ4n) is 1.02. The highest BCUT2D eigenvalue weighted by molar-refractivity contribution is 7.87. The second-order valence-corrected chi connectivity index (χ2v) is 4.35. The van der Waals surface area contributed by atoms with Crippen LogP contribution >= 0.6 is 0 Å². The summed E-state index contributed by atoms with van der Waals surface area (Å²) in [5.74, 6) is -8.02. The molecule has 92 valence electrons. The van der Waals surface area contributed by atoms with Gasteiger partial charge in [-0.05, 0) is 0 Å². The molecule has 4 N–H and O–H groups in total. The highest BCUT2D eigenvalue weighted by atomic mass is 32.2. The minimum absolute atomic E-state index is 1.23. The van der Waals surface area contributed by atoms with Crippen molar-refractivity contribution in [1.82, 2.24) is 0 Å². The predicted molar refractivity (Wildman–Crippen MR) is 46.4 cm³/mol. The molecule has 16 heavy (non-hydrogen) atoms. The van der Waals surface area contributed by atoms with Gasteiger partial charge in [0.2, 0.25) is 0 Å². The zero-order valence-corrected chi connectivity index (χ0v) is 8.42. The van der Waals surface area contributed by atoms with Crippen LogP contribution in [0, 0.1) is 5.92 Å². The lowest BCUT2D eigenvalue weighted by atomic mass is 10.0. The maximum atomic E-state index is 10.6. The van der Waals surface area contributed by atoms with Crippen LogP contribution in [0.1, 0.15) is 6.42 Å². The van der Waals surface area contributed by atoms with Gasteiger partial charge < -0.3 is 15.3 Å². The van der Waals surface area contributed by atoms with Crippen LogP contribution in [-0.4, -0.2) is 51.4 Å². The number of carboxylic acids is 3. The maximum absolute atomic E-state index is 10.6. The summed E-state index contributed by atoms with van der Waals surface area (Å²) in [5.41, 5.74) is 0. The average molecular weight is 256 g/mol. The molecule has 0 aliphatic heterocycles. The van der Waals surface area contributed by atoms with Gasteiger partial charge in [-0.3, -0.25) is 18.9 Å². The molecule has 0 saturated carbocycles. The van der Waals surface area contributed by atoms with Crippen molar-refractivity contribution in [3.8, 4) is 0 Å². The molecule has 0 aliphatic carbocycles. The summed E-state index contributed by atoms with van der Waals surface area (Å²) >= 11 is 0. The first kappa shape index (κ1) is 14.3. The molecule has 0 aromatic heterocycles. The monoisotopic (exact) mass is 256 g/mol. The van der Waals surface area contributed by atoms with E-state index in [-0.39, 0.29) is 0 Å². The summed E-state index contributed by atoms with van der Waals surface area (Å²) in [6.45, 7) is 0. The van der Waals surface area contributed by atoms with E-state index < -0.39 is 45.6 Å². The molecule has 0 rings (SSSR count). The Morgan fingerprint density at radius 3 is 1.62 bits per heavy atom. The SMILES string of the molecule is O=C(O)CC(C(=O)O)C(C(=O)O)S(=O)(=O)O. The zero-order valence-electron chi connectivity index (χ0n) is 7.60.